The van der Waals surface area contributed by atoms with Gasteiger partial charge in [-0.15, -0.1) is 0 Å². The van der Waals surface area contributed by atoms with Gasteiger partial charge in [0.25, 0.3) is 10.0 Å². The quantitative estimate of drug-likeness (QED) is 0.851. The van der Waals surface area contributed by atoms with Gasteiger partial charge in [0, 0.05) is 0 Å². The summed E-state index contributed by atoms with van der Waals surface area (Å²) < 4.78 is 69.8. The molecule has 2 aromatic rings. The average molecular weight is 359 g/mol. The molecule has 0 aromatic heterocycles. The van der Waals surface area contributed by atoms with Gasteiger partial charge in [-0.25, -0.2) is 13.2 Å². The number of hydrogen-bond donors (Lipinski definition) is 1. The molecule has 0 aliphatic carbocycles. The number of carbonyl (C=O) groups excluding carboxylic acids is 1. The molecule has 128 valence electrons. The largest absolute Gasteiger partial charge is 0.465 e. The highest BCUT2D eigenvalue weighted by molar-refractivity contribution is 7.92. The second-order valence-electron chi connectivity index (χ2n) is 4.67. The Morgan fingerprint density at radius 1 is 1.08 bits per heavy atom. The molecule has 0 aliphatic heterocycles. The molecule has 0 unspecified atom stereocenters. The Morgan fingerprint density at radius 3 is 2.38 bits per heavy atom. The standard InChI is InChI=1S/C15H12F3NO4S/c1-23-14(20)10-5-4-6-11(9-10)24(21,22)19-13-8-3-2-7-12(13)15(16,17)18/h2-9,19H,1H3. The number of para-hydroxylation sites is 1. The minimum Gasteiger partial charge on any atom is -0.465 e. The zero-order chi connectivity index (χ0) is 18.0. The number of ether oxygens (including phenoxy) is 1. The number of benzene rings is 2. The molecule has 0 aliphatic rings. The van der Waals surface area contributed by atoms with Crippen molar-refractivity contribution in [1.29, 1.82) is 0 Å². The Balaban J connectivity index is 2.42. The topological polar surface area (TPSA) is 72.5 Å². The van der Waals surface area contributed by atoms with E-state index in [1.807, 2.05) is 4.72 Å². The molecule has 0 bridgehead atoms. The fourth-order valence-electron chi connectivity index (χ4n) is 1.93. The number of esters is 1. The van der Waals surface area contributed by atoms with E-state index >= 15 is 0 Å². The summed E-state index contributed by atoms with van der Waals surface area (Å²) in [5.41, 5.74) is -1.75. The highest BCUT2D eigenvalue weighted by atomic mass is 32.2. The Morgan fingerprint density at radius 2 is 1.75 bits per heavy atom. The first-order chi connectivity index (χ1) is 11.1. The Labute approximate surface area is 136 Å². The maximum Gasteiger partial charge on any atom is 0.418 e. The summed E-state index contributed by atoms with van der Waals surface area (Å²) in [6.07, 6.45) is -4.72. The number of anilines is 1. The smallest absolute Gasteiger partial charge is 0.418 e. The van der Waals surface area contributed by atoms with E-state index in [1.165, 1.54) is 18.2 Å². The molecule has 0 saturated carbocycles. The highest BCUT2D eigenvalue weighted by Crippen LogP contribution is 2.35. The summed E-state index contributed by atoms with van der Waals surface area (Å²) in [5, 5.41) is 0. The van der Waals surface area contributed by atoms with E-state index in [2.05, 4.69) is 4.74 Å². The van der Waals surface area contributed by atoms with Crippen LogP contribution in [0.4, 0.5) is 18.9 Å². The number of sulfonamides is 1. The van der Waals surface area contributed by atoms with Gasteiger partial charge in [0.15, 0.2) is 0 Å². The van der Waals surface area contributed by atoms with Gasteiger partial charge in [0.2, 0.25) is 0 Å². The SMILES string of the molecule is COC(=O)c1cccc(S(=O)(=O)Nc2ccccc2C(F)(F)F)c1. The van der Waals surface area contributed by atoms with Gasteiger partial charge in [-0.05, 0) is 30.3 Å². The number of nitrogens with one attached hydrogen (secondary N) is 1. The molecule has 0 spiro atoms. The summed E-state index contributed by atoms with van der Waals surface area (Å²) in [4.78, 5) is 11.1. The molecule has 0 radical (unpaired) electrons. The first-order valence-electron chi connectivity index (χ1n) is 6.52. The third kappa shape index (κ3) is 3.85. The zero-order valence-electron chi connectivity index (χ0n) is 12.3. The minimum absolute atomic E-state index is 0.0375. The lowest BCUT2D eigenvalue weighted by Gasteiger charge is -2.14. The lowest BCUT2D eigenvalue weighted by atomic mass is 10.2. The van der Waals surface area contributed by atoms with E-state index in [9.17, 15) is 26.4 Å². The molecule has 5 nitrogen and oxygen atoms in total. The summed E-state index contributed by atoms with van der Waals surface area (Å²) in [6, 6.07) is 8.99. The van der Waals surface area contributed by atoms with Crippen molar-refractivity contribution >= 4 is 21.7 Å². The fraction of sp³-hybridized carbons (Fsp3) is 0.133. The lowest BCUT2D eigenvalue weighted by Crippen LogP contribution is -2.17. The molecule has 1 N–H and O–H groups in total. The molecule has 0 atom stereocenters. The molecule has 24 heavy (non-hydrogen) atoms. The predicted molar refractivity (Wildman–Crippen MR) is 80.0 cm³/mol. The maximum absolute atomic E-state index is 12.9. The normalized spacial score (nSPS) is 11.8. The number of methoxy groups -OCH3 is 1. The van der Waals surface area contributed by atoms with Crippen molar-refractivity contribution in [3.8, 4) is 0 Å². The summed E-state index contributed by atoms with van der Waals surface area (Å²) in [6.45, 7) is 0. The van der Waals surface area contributed by atoms with Crippen LogP contribution in [0.5, 0.6) is 0 Å². The summed E-state index contributed by atoms with van der Waals surface area (Å²) in [5.74, 6) is -0.761. The van der Waals surface area contributed by atoms with Gasteiger partial charge in [0.05, 0.1) is 28.8 Å². The highest BCUT2D eigenvalue weighted by Gasteiger charge is 2.34. The minimum atomic E-state index is -4.72. The molecule has 2 rings (SSSR count). The number of alkyl halides is 3. The van der Waals surface area contributed by atoms with Gasteiger partial charge in [-0.3, -0.25) is 4.72 Å². The van der Waals surface area contributed by atoms with Crippen molar-refractivity contribution in [3.05, 3.63) is 59.7 Å². The van der Waals surface area contributed by atoms with Crippen molar-refractivity contribution < 1.29 is 31.1 Å². The second-order valence-corrected chi connectivity index (χ2v) is 6.35. The maximum atomic E-state index is 12.9. The molecule has 0 heterocycles. The van der Waals surface area contributed by atoms with Crippen LogP contribution in [-0.4, -0.2) is 21.5 Å². The molecular formula is C15H12F3NO4S. The molecule has 2 aromatic carbocycles. The van der Waals surface area contributed by atoms with Crippen LogP contribution in [0.3, 0.4) is 0 Å². The summed E-state index contributed by atoms with van der Waals surface area (Å²) in [7, 11) is -3.19. The third-order valence-corrected chi connectivity index (χ3v) is 4.41. The van der Waals surface area contributed by atoms with Crippen molar-refractivity contribution in [1.82, 2.24) is 0 Å². The third-order valence-electron chi connectivity index (χ3n) is 3.04. The molecule has 0 fully saturated rings. The number of hydrogen-bond acceptors (Lipinski definition) is 4. The fourth-order valence-corrected chi connectivity index (χ4v) is 3.06. The number of carbonyl (C=O) groups is 1. The predicted octanol–water partition coefficient (Wildman–Crippen LogP) is 3.29. The molecule has 9 heteroatoms. The van der Waals surface area contributed by atoms with Gasteiger partial charge in [-0.2, -0.15) is 13.2 Å². The van der Waals surface area contributed by atoms with Crippen LogP contribution in [-0.2, 0) is 20.9 Å². The Kier molecular flexibility index (Phi) is 4.83. The first kappa shape index (κ1) is 17.8. The van der Waals surface area contributed by atoms with Crippen LogP contribution in [0.25, 0.3) is 0 Å². The average Bonchev–Trinajstić information content (AvgIpc) is 2.53. The number of rotatable bonds is 4. The van der Waals surface area contributed by atoms with E-state index in [1.54, 1.807) is 0 Å². The Hall–Kier alpha value is -2.55. The molecule has 0 saturated heterocycles. The van der Waals surface area contributed by atoms with Gasteiger partial charge in [-0.1, -0.05) is 18.2 Å². The van der Waals surface area contributed by atoms with Crippen molar-refractivity contribution in [2.75, 3.05) is 11.8 Å². The molecular weight excluding hydrogens is 347 g/mol. The van der Waals surface area contributed by atoms with Crippen LogP contribution in [0.2, 0.25) is 0 Å². The zero-order valence-corrected chi connectivity index (χ0v) is 13.1. The van der Waals surface area contributed by atoms with E-state index in [0.29, 0.717) is 0 Å². The second kappa shape index (κ2) is 6.52. The van der Waals surface area contributed by atoms with Crippen LogP contribution in [0, 0.1) is 0 Å². The van der Waals surface area contributed by atoms with Gasteiger partial charge in [0.1, 0.15) is 0 Å². The monoisotopic (exact) mass is 359 g/mol. The number of halogens is 3. The lowest BCUT2D eigenvalue weighted by molar-refractivity contribution is -0.136. The van der Waals surface area contributed by atoms with E-state index in [-0.39, 0.29) is 10.5 Å². The summed E-state index contributed by atoms with van der Waals surface area (Å²) >= 11 is 0. The molecule has 0 amide bonds. The van der Waals surface area contributed by atoms with Crippen molar-refractivity contribution in [3.63, 3.8) is 0 Å². The van der Waals surface area contributed by atoms with Crippen molar-refractivity contribution in [2.45, 2.75) is 11.1 Å². The Bertz CT molecular complexity index is 863. The first-order valence-corrected chi connectivity index (χ1v) is 8.01. The van der Waals surface area contributed by atoms with Crippen LogP contribution < -0.4 is 4.72 Å². The van der Waals surface area contributed by atoms with Crippen LogP contribution in [0.1, 0.15) is 15.9 Å². The van der Waals surface area contributed by atoms with E-state index in [4.69, 9.17) is 0 Å². The van der Waals surface area contributed by atoms with Crippen LogP contribution >= 0.6 is 0 Å². The van der Waals surface area contributed by atoms with E-state index in [0.717, 1.165) is 37.4 Å². The van der Waals surface area contributed by atoms with E-state index < -0.39 is 33.4 Å². The van der Waals surface area contributed by atoms with Crippen LogP contribution in [0.15, 0.2) is 53.4 Å². The van der Waals surface area contributed by atoms with Gasteiger partial charge >= 0.3 is 12.1 Å². The van der Waals surface area contributed by atoms with Crippen molar-refractivity contribution in [2.24, 2.45) is 0 Å². The van der Waals surface area contributed by atoms with Gasteiger partial charge < -0.3 is 4.74 Å².